The van der Waals surface area contributed by atoms with Crippen LogP contribution in [-0.2, 0) is 30.0 Å². The van der Waals surface area contributed by atoms with Crippen molar-refractivity contribution >= 4 is 5.97 Å². The first kappa shape index (κ1) is 30.4. The van der Waals surface area contributed by atoms with Crippen LogP contribution in [0.5, 0.6) is 0 Å². The average molecular weight is 497 g/mol. The summed E-state index contributed by atoms with van der Waals surface area (Å²) in [6.07, 6.45) is -7.69. The average Bonchev–Trinajstić information content (AvgIpc) is 2.44. The number of carbonyl (C=O) groups is 1. The number of ether oxygens (including phenoxy) is 1. The molecule has 0 aliphatic heterocycles. The SMILES string of the molecule is CC([O-])(/C=C(\O)C(F)(F)F)C(F)(F)F.[CH2]C(C/C=C/C(=O)OC)=C(C)C.[Pd]. The van der Waals surface area contributed by atoms with Crippen LogP contribution in [0.4, 0.5) is 26.3 Å². The number of halogens is 6. The molecule has 0 aliphatic carbocycles. The van der Waals surface area contributed by atoms with Gasteiger partial charge in [-0.2, -0.15) is 26.3 Å². The second-order valence-corrected chi connectivity index (χ2v) is 5.37. The summed E-state index contributed by atoms with van der Waals surface area (Å²) in [6.45, 7) is 7.81. The molecule has 0 heterocycles. The van der Waals surface area contributed by atoms with Crippen LogP contribution in [-0.4, -0.2) is 36.1 Å². The van der Waals surface area contributed by atoms with Crippen LogP contribution in [0.25, 0.3) is 0 Å². The van der Waals surface area contributed by atoms with Crippen molar-refractivity contribution < 1.29 is 66.5 Å². The van der Waals surface area contributed by atoms with E-state index in [1.165, 1.54) is 18.8 Å². The molecule has 1 unspecified atom stereocenters. The van der Waals surface area contributed by atoms with Crippen molar-refractivity contribution in [1.82, 2.24) is 0 Å². The van der Waals surface area contributed by atoms with Gasteiger partial charge < -0.3 is 14.9 Å². The van der Waals surface area contributed by atoms with Crippen LogP contribution in [0.2, 0.25) is 0 Å². The largest absolute Gasteiger partial charge is 0.840 e. The molecule has 0 aromatic carbocycles. The number of allylic oxidation sites excluding steroid dienone is 4. The van der Waals surface area contributed by atoms with Gasteiger partial charge in [-0.05, 0) is 33.3 Å². The summed E-state index contributed by atoms with van der Waals surface area (Å²) in [5, 5.41) is 18.6. The topological polar surface area (TPSA) is 69.6 Å². The number of carbonyl (C=O) groups excluding carboxylic acids is 1. The van der Waals surface area contributed by atoms with E-state index in [0.29, 0.717) is 6.42 Å². The second-order valence-electron chi connectivity index (χ2n) is 5.37. The van der Waals surface area contributed by atoms with Crippen LogP contribution in [0.3, 0.4) is 0 Å². The molecule has 1 atom stereocenters. The molecule has 0 aromatic heterocycles. The van der Waals surface area contributed by atoms with Gasteiger partial charge in [0.15, 0.2) is 5.76 Å². The Bertz CT molecular complexity index is 556. The van der Waals surface area contributed by atoms with Crippen molar-refractivity contribution in [2.75, 3.05) is 7.11 Å². The third-order valence-electron chi connectivity index (χ3n) is 2.79. The molecule has 0 fully saturated rings. The number of methoxy groups -OCH3 is 1. The first-order valence-corrected chi connectivity index (χ1v) is 6.94. The zero-order chi connectivity index (χ0) is 21.3. The van der Waals surface area contributed by atoms with Crippen molar-refractivity contribution in [1.29, 1.82) is 0 Å². The predicted molar refractivity (Wildman–Crippen MR) is 80.7 cm³/mol. The molecule has 0 aliphatic rings. The molecule has 11 heteroatoms. The molecule has 0 spiro atoms. The van der Waals surface area contributed by atoms with Crippen LogP contribution < -0.4 is 5.11 Å². The Hall–Kier alpha value is -1.31. The summed E-state index contributed by atoms with van der Waals surface area (Å²) in [5.41, 5.74) is -1.74. The number of alkyl halides is 6. The fourth-order valence-electron chi connectivity index (χ4n) is 0.994. The Morgan fingerprint density at radius 1 is 1.19 bits per heavy atom. The van der Waals surface area contributed by atoms with Crippen molar-refractivity contribution in [2.24, 2.45) is 0 Å². The first-order valence-electron chi connectivity index (χ1n) is 6.94. The monoisotopic (exact) mass is 496 g/mol. The van der Waals surface area contributed by atoms with Crippen molar-refractivity contribution in [3.8, 4) is 0 Å². The molecule has 161 valence electrons. The summed E-state index contributed by atoms with van der Waals surface area (Å²) < 4.78 is 74.3. The van der Waals surface area contributed by atoms with Gasteiger partial charge in [-0.1, -0.05) is 24.1 Å². The minimum Gasteiger partial charge on any atom is -0.840 e. The minimum absolute atomic E-state index is 0. The van der Waals surface area contributed by atoms with Crippen LogP contribution in [0.1, 0.15) is 27.2 Å². The number of hydrogen-bond acceptors (Lipinski definition) is 4. The molecule has 0 rings (SSSR count). The van der Waals surface area contributed by atoms with Gasteiger partial charge in [0.25, 0.3) is 0 Å². The quantitative estimate of drug-likeness (QED) is 0.210. The molecular weight excluding hydrogens is 477 g/mol. The molecular formula is C16H20F6O4Pd-. The number of aliphatic hydroxyl groups excluding tert-OH is 1. The molecule has 27 heavy (non-hydrogen) atoms. The van der Waals surface area contributed by atoms with Gasteiger partial charge in [-0.15, -0.1) is 0 Å². The number of rotatable bonds is 4. The number of aliphatic hydroxyl groups is 1. The third-order valence-corrected chi connectivity index (χ3v) is 2.79. The van der Waals surface area contributed by atoms with Crippen molar-refractivity contribution in [3.05, 3.63) is 42.1 Å². The van der Waals surface area contributed by atoms with E-state index >= 15 is 0 Å². The summed E-state index contributed by atoms with van der Waals surface area (Å²) in [6, 6.07) is 0. The Morgan fingerprint density at radius 2 is 1.63 bits per heavy atom. The third kappa shape index (κ3) is 13.5. The van der Waals surface area contributed by atoms with Gasteiger partial charge in [-0.25, -0.2) is 4.79 Å². The second kappa shape index (κ2) is 12.2. The fraction of sp³-hybridized carbons (Fsp3) is 0.500. The molecule has 1 radical (unpaired) electrons. The van der Waals surface area contributed by atoms with Gasteiger partial charge in [0, 0.05) is 32.1 Å². The zero-order valence-corrected chi connectivity index (χ0v) is 16.5. The summed E-state index contributed by atoms with van der Waals surface area (Å²) in [4.78, 5) is 10.6. The Kier molecular flexibility index (Phi) is 13.8. The van der Waals surface area contributed by atoms with E-state index in [1.807, 2.05) is 13.8 Å². The van der Waals surface area contributed by atoms with Gasteiger partial charge in [0.1, 0.15) is 0 Å². The molecule has 0 amide bonds. The first-order chi connectivity index (χ1) is 11.5. The Balaban J connectivity index is -0.000000416. The fourth-order valence-corrected chi connectivity index (χ4v) is 0.994. The van der Waals surface area contributed by atoms with E-state index in [1.54, 1.807) is 6.08 Å². The van der Waals surface area contributed by atoms with Crippen LogP contribution >= 0.6 is 0 Å². The number of hydrogen-bond donors (Lipinski definition) is 1. The molecule has 4 nitrogen and oxygen atoms in total. The van der Waals surface area contributed by atoms with Crippen molar-refractivity contribution in [2.45, 2.75) is 45.1 Å². The van der Waals surface area contributed by atoms with E-state index in [-0.39, 0.29) is 33.3 Å². The van der Waals surface area contributed by atoms with Gasteiger partial charge in [0.05, 0.1) is 7.11 Å². The summed E-state index contributed by atoms with van der Waals surface area (Å²) in [5.74, 6) is -2.87. The van der Waals surface area contributed by atoms with E-state index < -0.39 is 29.8 Å². The van der Waals surface area contributed by atoms with Crippen molar-refractivity contribution in [3.63, 3.8) is 0 Å². The standard InChI is InChI=1S/C10H15O2.C6H5F6O2.Pd/c1-8(2)9(3)6-5-7-10(11)12-4;1-4(14,6(10,11)12)2-3(13)5(7,8)9;/h5,7H,3,6H2,1-2,4H3;2,13H,1H3;/q;-1;/b7-5+;3-2-;. The van der Waals surface area contributed by atoms with Gasteiger partial charge >= 0.3 is 18.3 Å². The smallest absolute Gasteiger partial charge is 0.448 e. The van der Waals surface area contributed by atoms with E-state index in [2.05, 4.69) is 11.7 Å². The molecule has 0 bridgehead atoms. The predicted octanol–water partition coefficient (Wildman–Crippen LogP) is 3.95. The summed E-state index contributed by atoms with van der Waals surface area (Å²) >= 11 is 0. The molecule has 0 aromatic rings. The maximum Gasteiger partial charge on any atom is 0.448 e. The van der Waals surface area contributed by atoms with E-state index in [4.69, 9.17) is 5.11 Å². The van der Waals surface area contributed by atoms with E-state index in [0.717, 1.165) is 5.57 Å². The van der Waals surface area contributed by atoms with Gasteiger partial charge in [-0.3, -0.25) is 0 Å². The van der Waals surface area contributed by atoms with Crippen LogP contribution in [0, 0.1) is 6.92 Å². The molecule has 1 N–H and O–H groups in total. The maximum atomic E-state index is 11.7. The maximum absolute atomic E-state index is 11.7. The normalized spacial score (nSPS) is 14.4. The Morgan fingerprint density at radius 3 is 1.93 bits per heavy atom. The number of esters is 1. The Labute approximate surface area is 167 Å². The minimum atomic E-state index is -5.40. The molecule has 0 saturated carbocycles. The summed E-state index contributed by atoms with van der Waals surface area (Å²) in [7, 11) is 1.36. The zero-order valence-electron chi connectivity index (χ0n) is 14.9. The molecule has 0 saturated heterocycles. The van der Waals surface area contributed by atoms with E-state index in [9.17, 15) is 36.2 Å². The van der Waals surface area contributed by atoms with Gasteiger partial charge in [0.2, 0.25) is 0 Å². The van der Waals surface area contributed by atoms with Crippen LogP contribution in [0.15, 0.2) is 35.1 Å².